The van der Waals surface area contributed by atoms with Crippen molar-refractivity contribution in [3.05, 3.63) is 9.26 Å². The number of aryl methyl sites for hydroxylation is 1. The number of fused-ring (bicyclic) bond motifs is 1. The third-order valence-electron chi connectivity index (χ3n) is 4.87. The number of hydrogen-bond acceptors (Lipinski definition) is 7. The fourth-order valence-electron chi connectivity index (χ4n) is 3.71. The highest BCUT2D eigenvalue weighted by Crippen LogP contribution is 2.46. The summed E-state index contributed by atoms with van der Waals surface area (Å²) in [5.74, 6) is 0.182. The molecule has 25 heavy (non-hydrogen) atoms. The van der Waals surface area contributed by atoms with Gasteiger partial charge in [-0.15, -0.1) is 0 Å². The van der Waals surface area contributed by atoms with Crippen LogP contribution in [0.4, 0.5) is 5.82 Å². The van der Waals surface area contributed by atoms with Crippen molar-refractivity contribution < 1.29 is 14.6 Å². The van der Waals surface area contributed by atoms with Crippen LogP contribution in [0, 0.1) is 16.4 Å². The quantitative estimate of drug-likeness (QED) is 0.390. The van der Waals surface area contributed by atoms with Crippen LogP contribution in [0.1, 0.15) is 39.8 Å². The second kappa shape index (κ2) is 6.78. The first-order chi connectivity index (χ1) is 11.5. The van der Waals surface area contributed by atoms with E-state index in [0.29, 0.717) is 0 Å². The molecule has 2 heterocycles. The molecule has 140 valence electrons. The molecule has 8 heteroatoms. The monoisotopic (exact) mass is 479 g/mol. The maximum absolute atomic E-state index is 10.6. The summed E-state index contributed by atoms with van der Waals surface area (Å²) in [6.07, 6.45) is 2.49. The Hall–Kier alpha value is -0.160. The SMILES string of the molecule is CSc1nc(C)c(I)c(N[C@@H]2C[C@H](C(C)(C)O)[C@H]3OC(C)(C)O[C@H]32)n1. The predicted molar refractivity (Wildman–Crippen MR) is 107 cm³/mol. The summed E-state index contributed by atoms with van der Waals surface area (Å²) in [5.41, 5.74) is 0.127. The Bertz CT molecular complexity index is 665. The molecular weight excluding hydrogens is 453 g/mol. The number of thioether (sulfide) groups is 1. The molecule has 2 fully saturated rings. The van der Waals surface area contributed by atoms with Gasteiger partial charge in [0.15, 0.2) is 10.9 Å². The van der Waals surface area contributed by atoms with Crippen LogP contribution in [-0.4, -0.2) is 51.0 Å². The minimum Gasteiger partial charge on any atom is -0.390 e. The van der Waals surface area contributed by atoms with E-state index >= 15 is 0 Å². The van der Waals surface area contributed by atoms with Crippen LogP contribution in [-0.2, 0) is 9.47 Å². The number of aromatic nitrogens is 2. The molecule has 0 bridgehead atoms. The van der Waals surface area contributed by atoms with Gasteiger partial charge in [-0.3, -0.25) is 0 Å². The molecule has 1 saturated carbocycles. The molecule has 1 aliphatic heterocycles. The number of hydrogen-bond donors (Lipinski definition) is 2. The normalized spacial score (nSPS) is 31.2. The number of rotatable bonds is 4. The van der Waals surface area contributed by atoms with E-state index in [2.05, 4.69) is 37.9 Å². The summed E-state index contributed by atoms with van der Waals surface area (Å²) in [4.78, 5) is 9.11. The van der Waals surface area contributed by atoms with Gasteiger partial charge < -0.3 is 19.9 Å². The van der Waals surface area contributed by atoms with E-state index in [9.17, 15) is 5.11 Å². The lowest BCUT2D eigenvalue weighted by Gasteiger charge is -2.31. The Morgan fingerprint density at radius 1 is 1.28 bits per heavy atom. The third-order valence-corrected chi connectivity index (χ3v) is 6.71. The zero-order chi connectivity index (χ0) is 18.6. The molecule has 1 saturated heterocycles. The average Bonchev–Trinajstić information content (AvgIpc) is 2.97. The van der Waals surface area contributed by atoms with Crippen molar-refractivity contribution in [2.75, 3.05) is 11.6 Å². The number of anilines is 1. The van der Waals surface area contributed by atoms with E-state index in [4.69, 9.17) is 9.47 Å². The van der Waals surface area contributed by atoms with Crippen molar-refractivity contribution in [2.45, 2.75) is 75.8 Å². The highest BCUT2D eigenvalue weighted by Gasteiger charge is 2.57. The fourth-order valence-corrected chi connectivity index (χ4v) is 4.52. The second-order valence-corrected chi connectivity index (χ2v) is 9.62. The van der Waals surface area contributed by atoms with Crippen molar-refractivity contribution in [3.63, 3.8) is 0 Å². The lowest BCUT2D eigenvalue weighted by Crippen LogP contribution is -2.39. The summed E-state index contributed by atoms with van der Waals surface area (Å²) in [6.45, 7) is 9.53. The van der Waals surface area contributed by atoms with Gasteiger partial charge in [0.25, 0.3) is 0 Å². The van der Waals surface area contributed by atoms with E-state index < -0.39 is 11.4 Å². The highest BCUT2D eigenvalue weighted by molar-refractivity contribution is 14.1. The first-order valence-corrected chi connectivity index (χ1v) is 10.7. The van der Waals surface area contributed by atoms with Gasteiger partial charge in [-0.2, -0.15) is 0 Å². The Morgan fingerprint density at radius 2 is 1.92 bits per heavy atom. The molecule has 3 rings (SSSR count). The average molecular weight is 479 g/mol. The standard InChI is InChI=1S/C17H26IN3O3S/c1-8-11(18)14(21-15(19-8)25-6)20-10-7-9(16(2,3)22)12-13(10)24-17(4,5)23-12/h9-10,12-13,22H,7H2,1-6H3,(H,19,20,21)/t9-,10+,12+,13-/m0/s1. The molecule has 4 atom stereocenters. The molecule has 1 aromatic heterocycles. The number of nitrogens with one attached hydrogen (secondary N) is 1. The van der Waals surface area contributed by atoms with Gasteiger partial charge in [0.1, 0.15) is 11.9 Å². The first-order valence-electron chi connectivity index (χ1n) is 8.44. The molecule has 0 radical (unpaired) electrons. The fraction of sp³-hybridized carbons (Fsp3) is 0.765. The minimum atomic E-state index is -0.831. The van der Waals surface area contributed by atoms with E-state index in [1.54, 1.807) is 0 Å². The lowest BCUT2D eigenvalue weighted by atomic mass is 9.87. The largest absolute Gasteiger partial charge is 0.390 e. The molecule has 0 unspecified atom stereocenters. The van der Waals surface area contributed by atoms with E-state index in [1.807, 2.05) is 40.9 Å². The number of nitrogens with zero attached hydrogens (tertiary/aromatic N) is 2. The van der Waals surface area contributed by atoms with Crippen LogP contribution in [0.25, 0.3) is 0 Å². The van der Waals surface area contributed by atoms with Gasteiger partial charge in [-0.1, -0.05) is 11.8 Å². The van der Waals surface area contributed by atoms with Gasteiger partial charge in [0.2, 0.25) is 0 Å². The summed E-state index contributed by atoms with van der Waals surface area (Å²) >= 11 is 3.80. The number of aliphatic hydroxyl groups is 1. The van der Waals surface area contributed by atoms with Crippen molar-refractivity contribution in [1.82, 2.24) is 9.97 Å². The van der Waals surface area contributed by atoms with Gasteiger partial charge >= 0.3 is 0 Å². The third kappa shape index (κ3) is 3.92. The van der Waals surface area contributed by atoms with Crippen molar-refractivity contribution in [1.29, 1.82) is 0 Å². The lowest BCUT2D eigenvalue weighted by molar-refractivity contribution is -0.166. The molecule has 6 nitrogen and oxygen atoms in total. The van der Waals surface area contributed by atoms with Gasteiger partial charge in [0.05, 0.1) is 27.0 Å². The smallest absolute Gasteiger partial charge is 0.189 e. The molecule has 2 aliphatic rings. The highest BCUT2D eigenvalue weighted by atomic mass is 127. The van der Waals surface area contributed by atoms with Crippen LogP contribution < -0.4 is 5.32 Å². The zero-order valence-electron chi connectivity index (χ0n) is 15.5. The van der Waals surface area contributed by atoms with Crippen LogP contribution >= 0.6 is 34.4 Å². The molecule has 1 aromatic rings. The molecule has 0 aromatic carbocycles. The molecule has 1 aliphatic carbocycles. The Labute approximate surface area is 167 Å². The maximum Gasteiger partial charge on any atom is 0.189 e. The molecular formula is C17H26IN3O3S. The summed E-state index contributed by atoms with van der Waals surface area (Å²) < 4.78 is 13.3. The van der Waals surface area contributed by atoms with Crippen molar-refractivity contribution in [2.24, 2.45) is 5.92 Å². The Kier molecular flexibility index (Phi) is 5.31. The minimum absolute atomic E-state index is 0.00242. The maximum atomic E-state index is 10.6. The molecule has 2 N–H and O–H groups in total. The van der Waals surface area contributed by atoms with Crippen molar-refractivity contribution in [3.8, 4) is 0 Å². The van der Waals surface area contributed by atoms with Crippen LogP contribution in [0.2, 0.25) is 0 Å². The van der Waals surface area contributed by atoms with Gasteiger partial charge in [0, 0.05) is 5.92 Å². The Morgan fingerprint density at radius 3 is 2.52 bits per heavy atom. The van der Waals surface area contributed by atoms with Crippen molar-refractivity contribution >= 4 is 40.2 Å². The van der Waals surface area contributed by atoms with E-state index in [-0.39, 0.29) is 24.2 Å². The van der Waals surface area contributed by atoms with E-state index in [1.165, 1.54) is 11.8 Å². The Balaban J connectivity index is 1.89. The predicted octanol–water partition coefficient (Wildman–Crippen LogP) is 3.20. The first kappa shape index (κ1) is 19.6. The molecule has 0 amide bonds. The number of ether oxygens (including phenoxy) is 2. The number of halogens is 1. The summed E-state index contributed by atoms with van der Waals surface area (Å²) in [5, 5.41) is 14.9. The second-order valence-electron chi connectivity index (χ2n) is 7.77. The van der Waals surface area contributed by atoms with Gasteiger partial charge in [-0.05, 0) is 69.9 Å². The van der Waals surface area contributed by atoms with Crippen LogP contribution in [0.15, 0.2) is 5.16 Å². The zero-order valence-corrected chi connectivity index (χ0v) is 18.4. The van der Waals surface area contributed by atoms with Crippen LogP contribution in [0.5, 0.6) is 0 Å². The summed E-state index contributed by atoms with van der Waals surface area (Å²) in [7, 11) is 0. The topological polar surface area (TPSA) is 76.5 Å². The summed E-state index contributed by atoms with van der Waals surface area (Å²) in [6, 6.07) is 0.0284. The van der Waals surface area contributed by atoms with E-state index in [0.717, 1.165) is 26.7 Å². The van der Waals surface area contributed by atoms with Gasteiger partial charge in [-0.25, -0.2) is 9.97 Å². The molecule has 0 spiro atoms. The van der Waals surface area contributed by atoms with Crippen LogP contribution in [0.3, 0.4) is 0 Å².